The Hall–Kier alpha value is -3.86. The van der Waals surface area contributed by atoms with E-state index in [1.165, 1.54) is 7.05 Å². The third-order valence-corrected chi connectivity index (χ3v) is 7.23. The number of halogens is 1. The topological polar surface area (TPSA) is 134 Å². The molecular weight excluding hydrogens is 562 g/mol. The minimum Gasteiger partial charge on any atom is -0.491 e. The second kappa shape index (κ2) is 13.0. The number of nitrogens with zero attached hydrogens (tertiary/aromatic N) is 3. The van der Waals surface area contributed by atoms with Crippen molar-refractivity contribution < 1.29 is 28.6 Å². The maximum atomic E-state index is 13.8. The van der Waals surface area contributed by atoms with Crippen LogP contribution >= 0.6 is 12.4 Å². The molecule has 42 heavy (non-hydrogen) atoms. The number of fused-ring (bicyclic) bond motifs is 2. The third kappa shape index (κ3) is 6.30. The molecule has 2 aliphatic rings. The minimum absolute atomic E-state index is 0. The number of esters is 1. The quantitative estimate of drug-likeness (QED) is 0.326. The van der Waals surface area contributed by atoms with Gasteiger partial charge in [-0.25, -0.2) is 9.78 Å². The second-order valence-electron chi connectivity index (χ2n) is 11.1. The Balaban J connectivity index is 0.00000484. The average Bonchev–Trinajstić information content (AvgIpc) is 3.24. The molecule has 0 radical (unpaired) electrons. The van der Waals surface area contributed by atoms with Crippen LogP contribution < -0.4 is 19.7 Å². The molecule has 1 amide bonds. The highest BCUT2D eigenvalue weighted by Crippen LogP contribution is 2.43. The molecule has 0 aliphatic carbocycles. The van der Waals surface area contributed by atoms with Crippen LogP contribution in [-0.4, -0.2) is 79.4 Å². The van der Waals surface area contributed by atoms with Crippen LogP contribution in [0, 0.1) is 5.41 Å². The van der Waals surface area contributed by atoms with Crippen molar-refractivity contribution in [3.05, 3.63) is 46.3 Å². The van der Waals surface area contributed by atoms with Crippen LogP contribution in [0.1, 0.15) is 79.2 Å². The second-order valence-corrected chi connectivity index (χ2v) is 11.1. The van der Waals surface area contributed by atoms with E-state index in [0.717, 1.165) is 5.56 Å². The van der Waals surface area contributed by atoms with Crippen molar-refractivity contribution in [3.8, 4) is 11.5 Å². The number of rotatable bonds is 9. The van der Waals surface area contributed by atoms with E-state index >= 15 is 0 Å². The summed E-state index contributed by atoms with van der Waals surface area (Å²) in [4.78, 5) is 46.8. The standard InChI is InChI=1S/C30H39N5O6.ClH/c1-8-39-23-14-19-15-34(27(31)24(19)33-25(23)28(37)32-7)16-22(36)18-12-20(30(4,5)6)26-21(13-18)35(10-11-41-26)17(3)29(38)40-9-2;/h12-14,17,31H,8-11,15-16H2,1-7H3,(H,32,37);1H. The van der Waals surface area contributed by atoms with Gasteiger partial charge in [-0.05, 0) is 44.4 Å². The van der Waals surface area contributed by atoms with Crippen LogP contribution in [0.4, 0.5) is 5.69 Å². The first-order valence-electron chi connectivity index (χ1n) is 13.9. The Kier molecular flexibility index (Phi) is 10.1. The monoisotopic (exact) mass is 601 g/mol. The molecule has 0 fully saturated rings. The van der Waals surface area contributed by atoms with Crippen LogP contribution in [0.3, 0.4) is 0 Å². The molecule has 3 heterocycles. The number of ketones is 1. The Bertz CT molecular complexity index is 1390. The van der Waals surface area contributed by atoms with Crippen LogP contribution in [-0.2, 0) is 21.5 Å². The molecule has 4 rings (SSSR count). The lowest BCUT2D eigenvalue weighted by atomic mass is 9.84. The summed E-state index contributed by atoms with van der Waals surface area (Å²) in [5, 5.41) is 11.3. The number of hydrogen-bond donors (Lipinski definition) is 2. The largest absolute Gasteiger partial charge is 0.491 e. The van der Waals surface area contributed by atoms with Gasteiger partial charge in [-0.2, -0.15) is 0 Å². The summed E-state index contributed by atoms with van der Waals surface area (Å²) in [6, 6.07) is 4.78. The maximum absolute atomic E-state index is 13.8. The number of nitrogens with one attached hydrogen (secondary N) is 2. The normalized spacial score (nSPS) is 14.7. The van der Waals surface area contributed by atoms with E-state index in [4.69, 9.17) is 19.6 Å². The zero-order valence-corrected chi connectivity index (χ0v) is 26.1. The summed E-state index contributed by atoms with van der Waals surface area (Å²) >= 11 is 0. The summed E-state index contributed by atoms with van der Waals surface area (Å²) in [5.41, 5.74) is 2.81. The fourth-order valence-electron chi connectivity index (χ4n) is 5.10. The Morgan fingerprint density at radius 1 is 1.17 bits per heavy atom. The van der Waals surface area contributed by atoms with E-state index in [0.29, 0.717) is 53.8 Å². The summed E-state index contributed by atoms with van der Waals surface area (Å²) in [5.74, 6) is 0.121. The van der Waals surface area contributed by atoms with Crippen molar-refractivity contribution in [1.29, 1.82) is 5.41 Å². The fraction of sp³-hybridized carbons (Fsp3) is 0.500. The van der Waals surface area contributed by atoms with Gasteiger partial charge in [0, 0.05) is 30.3 Å². The zero-order valence-electron chi connectivity index (χ0n) is 25.3. The highest BCUT2D eigenvalue weighted by atomic mass is 35.5. The number of carbonyl (C=O) groups excluding carboxylic acids is 3. The van der Waals surface area contributed by atoms with Crippen molar-refractivity contribution in [2.45, 2.75) is 59.5 Å². The van der Waals surface area contributed by atoms with Crippen molar-refractivity contribution in [2.24, 2.45) is 0 Å². The van der Waals surface area contributed by atoms with E-state index in [1.807, 2.05) is 38.7 Å². The number of carbonyl (C=O) groups is 3. The molecule has 2 N–H and O–H groups in total. The van der Waals surface area contributed by atoms with Crippen LogP contribution in [0.2, 0.25) is 0 Å². The maximum Gasteiger partial charge on any atom is 0.328 e. The SMILES string of the molecule is CCOC(=O)C(C)N1CCOc2c1cc(C(=O)CN1Cc3cc(OCC)c(C(=O)NC)nc3C1=N)cc2C(C)(C)C.Cl. The zero-order chi connectivity index (χ0) is 30.1. The third-order valence-electron chi connectivity index (χ3n) is 7.23. The number of benzene rings is 1. The minimum atomic E-state index is -0.558. The van der Waals surface area contributed by atoms with Gasteiger partial charge < -0.3 is 29.3 Å². The van der Waals surface area contributed by atoms with Gasteiger partial charge in [-0.15, -0.1) is 12.4 Å². The number of anilines is 1. The summed E-state index contributed by atoms with van der Waals surface area (Å²) < 4.78 is 17.0. The van der Waals surface area contributed by atoms with Crippen LogP contribution in [0.5, 0.6) is 11.5 Å². The van der Waals surface area contributed by atoms with Gasteiger partial charge in [0.15, 0.2) is 17.2 Å². The molecule has 2 aliphatic heterocycles. The van der Waals surface area contributed by atoms with Crippen LogP contribution in [0.25, 0.3) is 0 Å². The molecule has 0 saturated carbocycles. The number of amides is 1. The van der Waals surface area contributed by atoms with E-state index in [-0.39, 0.29) is 60.8 Å². The van der Waals surface area contributed by atoms with Crippen molar-refractivity contribution >= 4 is 41.6 Å². The highest BCUT2D eigenvalue weighted by Gasteiger charge is 2.35. The van der Waals surface area contributed by atoms with Crippen molar-refractivity contribution in [2.75, 3.05) is 44.9 Å². The van der Waals surface area contributed by atoms with E-state index in [2.05, 4.69) is 10.3 Å². The first-order valence-corrected chi connectivity index (χ1v) is 13.9. The molecule has 11 nitrogen and oxygen atoms in total. The number of pyridine rings is 1. The predicted molar refractivity (Wildman–Crippen MR) is 162 cm³/mol. The molecule has 228 valence electrons. The van der Waals surface area contributed by atoms with Gasteiger partial charge in [0.2, 0.25) is 0 Å². The van der Waals surface area contributed by atoms with Gasteiger partial charge in [-0.3, -0.25) is 15.0 Å². The average molecular weight is 602 g/mol. The number of Topliss-reactive ketones (excluding diaryl/α,β-unsaturated/α-hetero) is 1. The summed E-state index contributed by atoms with van der Waals surface area (Å²) in [6.45, 7) is 13.3. The predicted octanol–water partition coefficient (Wildman–Crippen LogP) is 3.73. The Morgan fingerprint density at radius 2 is 1.88 bits per heavy atom. The molecule has 2 aromatic rings. The van der Waals surface area contributed by atoms with E-state index in [9.17, 15) is 14.4 Å². The highest BCUT2D eigenvalue weighted by molar-refractivity contribution is 6.06. The lowest BCUT2D eigenvalue weighted by molar-refractivity contribution is -0.144. The number of aromatic nitrogens is 1. The molecule has 1 aromatic carbocycles. The van der Waals surface area contributed by atoms with Gasteiger partial charge in [0.1, 0.15) is 29.9 Å². The first-order chi connectivity index (χ1) is 19.4. The number of amidine groups is 1. The lowest BCUT2D eigenvalue weighted by Gasteiger charge is -2.37. The molecule has 0 spiro atoms. The fourth-order valence-corrected chi connectivity index (χ4v) is 5.10. The van der Waals surface area contributed by atoms with E-state index < -0.39 is 11.9 Å². The van der Waals surface area contributed by atoms with Gasteiger partial charge >= 0.3 is 5.97 Å². The molecule has 1 aromatic heterocycles. The molecule has 12 heteroatoms. The Labute approximate surface area is 252 Å². The van der Waals surface area contributed by atoms with E-state index in [1.54, 1.807) is 30.9 Å². The molecular formula is C30H40ClN5O6. The summed E-state index contributed by atoms with van der Waals surface area (Å²) in [6.07, 6.45) is 0. The molecule has 0 saturated heterocycles. The lowest BCUT2D eigenvalue weighted by Crippen LogP contribution is -2.45. The number of ether oxygens (including phenoxy) is 3. The molecule has 1 unspecified atom stereocenters. The van der Waals surface area contributed by atoms with Gasteiger partial charge in [0.25, 0.3) is 5.91 Å². The smallest absolute Gasteiger partial charge is 0.328 e. The molecule has 0 bridgehead atoms. The van der Waals surface area contributed by atoms with Gasteiger partial charge in [0.05, 0.1) is 32.0 Å². The van der Waals surface area contributed by atoms with Crippen molar-refractivity contribution in [3.63, 3.8) is 0 Å². The van der Waals surface area contributed by atoms with Gasteiger partial charge in [-0.1, -0.05) is 20.8 Å². The Morgan fingerprint density at radius 3 is 2.50 bits per heavy atom. The first kappa shape index (κ1) is 32.7. The summed E-state index contributed by atoms with van der Waals surface area (Å²) in [7, 11) is 1.51. The number of hydrogen-bond acceptors (Lipinski definition) is 9. The molecule has 1 atom stereocenters. The van der Waals surface area contributed by atoms with Crippen molar-refractivity contribution in [1.82, 2.24) is 15.2 Å². The van der Waals surface area contributed by atoms with Crippen LogP contribution in [0.15, 0.2) is 18.2 Å².